The molecule has 1 atom stereocenters. The first-order chi connectivity index (χ1) is 17.0. The summed E-state index contributed by atoms with van der Waals surface area (Å²) in [5, 5.41) is 7.75. The predicted molar refractivity (Wildman–Crippen MR) is 145 cm³/mol. The summed E-state index contributed by atoms with van der Waals surface area (Å²) in [6.45, 7) is 2.97. The quantitative estimate of drug-likeness (QED) is 0.125. The highest BCUT2D eigenvalue weighted by Gasteiger charge is 2.28. The fraction of sp³-hybridized carbons (Fsp3) is 0.481. The Morgan fingerprint density at radius 1 is 1.06 bits per heavy atom. The van der Waals surface area contributed by atoms with Crippen LogP contribution in [-0.2, 0) is 17.6 Å². The number of likely N-dealkylation sites (tertiary alicyclic amines) is 1. The number of carbonyl (C=O) groups excluding carboxylic acids is 1. The van der Waals surface area contributed by atoms with Gasteiger partial charge in [0.15, 0.2) is 0 Å². The van der Waals surface area contributed by atoms with Gasteiger partial charge in [0.25, 0.3) is 0 Å². The summed E-state index contributed by atoms with van der Waals surface area (Å²) in [6.07, 6.45) is 6.68. The molecule has 190 valence electrons. The SMILES string of the molecule is N=C(N)c1cccc(C[C@H](NSc2cccc(CCCCN)c2)C(=O)N2CCC(CCN)CC2)c1. The van der Waals surface area contributed by atoms with E-state index in [-0.39, 0.29) is 17.8 Å². The Labute approximate surface area is 213 Å². The maximum Gasteiger partial charge on any atom is 0.240 e. The molecular formula is C27H40N6OS. The molecule has 0 spiro atoms. The van der Waals surface area contributed by atoms with Gasteiger partial charge in [-0.05, 0) is 105 Å². The number of nitrogen functional groups attached to an aromatic ring is 1. The van der Waals surface area contributed by atoms with E-state index in [1.807, 2.05) is 29.2 Å². The maximum absolute atomic E-state index is 13.6. The van der Waals surface area contributed by atoms with E-state index < -0.39 is 0 Å². The minimum atomic E-state index is -0.380. The molecule has 0 aromatic heterocycles. The smallest absolute Gasteiger partial charge is 0.240 e. The Morgan fingerprint density at radius 3 is 2.51 bits per heavy atom. The Kier molecular flexibility index (Phi) is 11.1. The van der Waals surface area contributed by atoms with Crippen LogP contribution in [-0.4, -0.2) is 48.9 Å². The molecule has 0 aliphatic carbocycles. The van der Waals surface area contributed by atoms with Crippen molar-refractivity contribution in [2.75, 3.05) is 26.2 Å². The summed E-state index contributed by atoms with van der Waals surface area (Å²) in [5.74, 6) is 0.764. The van der Waals surface area contributed by atoms with E-state index in [1.54, 1.807) is 0 Å². The van der Waals surface area contributed by atoms with Gasteiger partial charge in [-0.2, -0.15) is 0 Å². The van der Waals surface area contributed by atoms with Crippen molar-refractivity contribution in [3.63, 3.8) is 0 Å². The van der Waals surface area contributed by atoms with E-state index in [4.69, 9.17) is 22.6 Å². The molecule has 2 aromatic rings. The van der Waals surface area contributed by atoms with Crippen LogP contribution in [0.15, 0.2) is 53.4 Å². The van der Waals surface area contributed by atoms with Crippen molar-refractivity contribution in [2.24, 2.45) is 23.1 Å². The summed E-state index contributed by atoms with van der Waals surface area (Å²) >= 11 is 1.51. The van der Waals surface area contributed by atoms with Crippen LogP contribution in [0.1, 0.15) is 48.8 Å². The monoisotopic (exact) mass is 496 g/mol. The van der Waals surface area contributed by atoms with E-state index in [2.05, 4.69) is 29.0 Å². The Hall–Kier alpha value is -2.39. The number of nitrogens with zero attached hydrogens (tertiary/aromatic N) is 1. The lowest BCUT2D eigenvalue weighted by molar-refractivity contribution is -0.134. The molecule has 1 aliphatic rings. The van der Waals surface area contributed by atoms with Crippen LogP contribution in [0.4, 0.5) is 0 Å². The third-order valence-electron chi connectivity index (χ3n) is 6.61. The lowest BCUT2D eigenvalue weighted by Gasteiger charge is -2.34. The molecule has 3 rings (SSSR count). The molecule has 0 saturated carbocycles. The third-order valence-corrected chi connectivity index (χ3v) is 7.51. The van der Waals surface area contributed by atoms with Crippen LogP contribution in [0.3, 0.4) is 0 Å². The van der Waals surface area contributed by atoms with Crippen LogP contribution in [0.25, 0.3) is 0 Å². The number of hydrogen-bond donors (Lipinski definition) is 5. The van der Waals surface area contributed by atoms with Crippen LogP contribution in [0.2, 0.25) is 0 Å². The minimum Gasteiger partial charge on any atom is -0.384 e. The summed E-state index contributed by atoms with van der Waals surface area (Å²) in [4.78, 5) is 16.7. The average molecular weight is 497 g/mol. The number of rotatable bonds is 13. The molecule has 35 heavy (non-hydrogen) atoms. The molecule has 1 amide bonds. The molecule has 8 heteroatoms. The maximum atomic E-state index is 13.6. The first-order valence-electron chi connectivity index (χ1n) is 12.6. The van der Waals surface area contributed by atoms with Crippen LogP contribution < -0.4 is 21.9 Å². The number of amides is 1. The third kappa shape index (κ3) is 8.65. The van der Waals surface area contributed by atoms with Crippen molar-refractivity contribution in [2.45, 2.75) is 55.9 Å². The lowest BCUT2D eigenvalue weighted by atomic mass is 9.93. The number of unbranched alkanes of at least 4 members (excludes halogenated alkanes) is 1. The highest BCUT2D eigenvalue weighted by Crippen LogP contribution is 2.23. The number of benzene rings is 2. The van der Waals surface area contributed by atoms with E-state index in [9.17, 15) is 4.79 Å². The van der Waals surface area contributed by atoms with Gasteiger partial charge in [0.05, 0.1) is 0 Å². The number of aryl methyl sites for hydroxylation is 1. The highest BCUT2D eigenvalue weighted by molar-refractivity contribution is 7.97. The van der Waals surface area contributed by atoms with Crippen molar-refractivity contribution in [3.05, 3.63) is 65.2 Å². The van der Waals surface area contributed by atoms with E-state index >= 15 is 0 Å². The second-order valence-corrected chi connectivity index (χ2v) is 10.2. The molecule has 8 N–H and O–H groups in total. The Morgan fingerprint density at radius 2 is 1.80 bits per heavy atom. The van der Waals surface area contributed by atoms with Crippen molar-refractivity contribution >= 4 is 23.7 Å². The van der Waals surface area contributed by atoms with Gasteiger partial charge in [-0.3, -0.25) is 10.2 Å². The summed E-state index contributed by atoms with van der Waals surface area (Å²) in [5.41, 5.74) is 20.0. The zero-order chi connectivity index (χ0) is 25.0. The predicted octanol–water partition coefficient (Wildman–Crippen LogP) is 3.05. The second-order valence-electron chi connectivity index (χ2n) is 9.33. The summed E-state index contributed by atoms with van der Waals surface area (Å²) in [7, 11) is 0. The van der Waals surface area contributed by atoms with Gasteiger partial charge in [0.2, 0.25) is 5.91 Å². The number of nitrogens with two attached hydrogens (primary N) is 3. The fourth-order valence-electron chi connectivity index (χ4n) is 4.56. The van der Waals surface area contributed by atoms with Gasteiger partial charge in [-0.15, -0.1) is 0 Å². The normalized spacial score (nSPS) is 15.2. The van der Waals surface area contributed by atoms with Gasteiger partial charge in [0.1, 0.15) is 11.9 Å². The molecule has 0 bridgehead atoms. The summed E-state index contributed by atoms with van der Waals surface area (Å²) < 4.78 is 3.46. The molecule has 1 fully saturated rings. The van der Waals surface area contributed by atoms with Crippen LogP contribution in [0, 0.1) is 11.3 Å². The van der Waals surface area contributed by atoms with E-state index in [0.717, 1.165) is 62.1 Å². The lowest BCUT2D eigenvalue weighted by Crippen LogP contribution is -2.48. The number of piperidine rings is 1. The topological polar surface area (TPSA) is 134 Å². The first kappa shape index (κ1) is 27.2. The van der Waals surface area contributed by atoms with Crippen LogP contribution >= 0.6 is 11.9 Å². The summed E-state index contributed by atoms with van der Waals surface area (Å²) in [6, 6.07) is 15.7. The van der Waals surface area contributed by atoms with Crippen molar-refractivity contribution in [1.29, 1.82) is 5.41 Å². The molecule has 7 nitrogen and oxygen atoms in total. The van der Waals surface area contributed by atoms with Gasteiger partial charge in [0, 0.05) is 23.5 Å². The highest BCUT2D eigenvalue weighted by atomic mass is 32.2. The van der Waals surface area contributed by atoms with E-state index in [0.29, 0.717) is 31.0 Å². The number of amidine groups is 1. The average Bonchev–Trinajstić information content (AvgIpc) is 2.87. The van der Waals surface area contributed by atoms with Crippen molar-refractivity contribution in [3.8, 4) is 0 Å². The zero-order valence-corrected chi connectivity index (χ0v) is 21.4. The molecule has 0 radical (unpaired) electrons. The van der Waals surface area contributed by atoms with Crippen LogP contribution in [0.5, 0.6) is 0 Å². The number of hydrogen-bond acceptors (Lipinski definition) is 6. The molecule has 1 saturated heterocycles. The van der Waals surface area contributed by atoms with Gasteiger partial charge in [-0.25, -0.2) is 4.72 Å². The van der Waals surface area contributed by atoms with Gasteiger partial charge < -0.3 is 22.1 Å². The second kappa shape index (κ2) is 14.2. The van der Waals surface area contributed by atoms with Gasteiger partial charge in [-0.1, -0.05) is 30.3 Å². The number of carbonyl (C=O) groups is 1. The van der Waals surface area contributed by atoms with Gasteiger partial charge >= 0.3 is 0 Å². The molecular weight excluding hydrogens is 456 g/mol. The molecule has 2 aromatic carbocycles. The van der Waals surface area contributed by atoms with Crippen molar-refractivity contribution in [1.82, 2.24) is 9.62 Å². The molecule has 1 aliphatic heterocycles. The minimum absolute atomic E-state index is 0.0329. The van der Waals surface area contributed by atoms with E-state index in [1.165, 1.54) is 17.5 Å². The number of nitrogens with one attached hydrogen (secondary N) is 2. The van der Waals surface area contributed by atoms with Crippen molar-refractivity contribution < 1.29 is 4.79 Å². The fourth-order valence-corrected chi connectivity index (χ4v) is 5.38. The molecule has 0 unspecified atom stereocenters. The standard InChI is InChI=1S/C27H40N6OS/c28-13-2-1-5-21-6-4-9-24(18-21)35-32-25(19-22-7-3-8-23(17-22)26(30)31)27(34)33-15-11-20(10-14-29)12-16-33/h3-4,6-9,17-18,20,25,32H,1-2,5,10-16,19,28-29H2,(H3,30,31)/t25-/m0/s1. The zero-order valence-electron chi connectivity index (χ0n) is 20.5. The molecule has 1 heterocycles. The Balaban J connectivity index is 1.70. The first-order valence-corrected chi connectivity index (χ1v) is 13.5. The Bertz CT molecular complexity index is 960. The largest absolute Gasteiger partial charge is 0.384 e.